The molecule has 0 aliphatic carbocycles. The predicted molar refractivity (Wildman–Crippen MR) is 190 cm³/mol. The number of fused-ring (bicyclic) bond motifs is 1. The van der Waals surface area contributed by atoms with Crippen molar-refractivity contribution in [3.05, 3.63) is 74.3 Å². The zero-order valence-corrected chi connectivity index (χ0v) is 30.2. The van der Waals surface area contributed by atoms with Gasteiger partial charge in [0, 0.05) is 51.0 Å². The Hall–Kier alpha value is -4.87. The minimum atomic E-state index is -4.61. The van der Waals surface area contributed by atoms with E-state index in [0.717, 1.165) is 18.2 Å². The fourth-order valence-electron chi connectivity index (χ4n) is 6.74. The van der Waals surface area contributed by atoms with E-state index in [1.807, 2.05) is 18.7 Å². The number of halogens is 4. The quantitative estimate of drug-likeness (QED) is 0.254. The van der Waals surface area contributed by atoms with Crippen molar-refractivity contribution in [2.75, 3.05) is 56.2 Å². The number of hydrogen-bond donors (Lipinski definition) is 2. The van der Waals surface area contributed by atoms with Crippen LogP contribution in [0.1, 0.15) is 53.4 Å². The fourth-order valence-corrected chi connectivity index (χ4v) is 6.97. The minimum Gasteiger partial charge on any atom is -0.504 e. The highest BCUT2D eigenvalue weighted by molar-refractivity contribution is 6.33. The smallest absolute Gasteiger partial charge is 0.416 e. The van der Waals surface area contributed by atoms with E-state index in [2.05, 4.69) is 25.2 Å². The normalized spacial score (nSPS) is 17.0. The second kappa shape index (κ2) is 15.6. The average molecular weight is 758 g/mol. The van der Waals surface area contributed by atoms with Crippen molar-refractivity contribution < 1.29 is 32.6 Å². The van der Waals surface area contributed by atoms with E-state index < -0.39 is 23.6 Å². The van der Waals surface area contributed by atoms with Crippen LogP contribution in [0, 0.1) is 6.92 Å². The number of nitrogens with one attached hydrogen (secondary N) is 1. The highest BCUT2D eigenvalue weighted by atomic mass is 35.5. The molecule has 0 saturated carbocycles. The molecule has 1 atom stereocenters. The van der Waals surface area contributed by atoms with Gasteiger partial charge in [-0.1, -0.05) is 25.4 Å². The summed E-state index contributed by atoms with van der Waals surface area (Å²) in [5.41, 5.74) is 0.422. The van der Waals surface area contributed by atoms with Gasteiger partial charge in [-0.2, -0.15) is 13.2 Å². The molecular formula is C35H39ClF3N9O5. The molecule has 2 aliphatic heterocycles. The monoisotopic (exact) mass is 757 g/mol. The molecule has 5 heterocycles. The molecule has 14 nitrogen and oxygen atoms in total. The van der Waals surface area contributed by atoms with Crippen molar-refractivity contribution in [1.29, 1.82) is 0 Å². The molecule has 2 saturated heterocycles. The third-order valence-corrected chi connectivity index (χ3v) is 9.83. The van der Waals surface area contributed by atoms with Gasteiger partial charge >= 0.3 is 6.18 Å². The van der Waals surface area contributed by atoms with Gasteiger partial charge in [0.05, 0.1) is 47.1 Å². The number of aryl methyl sites for hydroxylation is 1. The number of alkyl halides is 3. The Labute approximate surface area is 307 Å². The molecule has 0 radical (unpaired) electrons. The molecule has 3 aromatic heterocycles. The van der Waals surface area contributed by atoms with Crippen LogP contribution in [0.2, 0.25) is 5.02 Å². The summed E-state index contributed by atoms with van der Waals surface area (Å²) in [7, 11) is 0. The minimum absolute atomic E-state index is 0.0103. The Bertz CT molecular complexity index is 2090. The Morgan fingerprint density at radius 1 is 1.09 bits per heavy atom. The molecule has 0 bridgehead atoms. The number of morpholine rings is 1. The molecule has 2 fully saturated rings. The van der Waals surface area contributed by atoms with Crippen LogP contribution in [-0.4, -0.2) is 103 Å². The van der Waals surface area contributed by atoms with Crippen LogP contribution < -0.4 is 15.6 Å². The Kier molecular flexibility index (Phi) is 11.2. The number of carbonyl (C=O) groups excluding carboxylic acids is 2. The van der Waals surface area contributed by atoms with E-state index >= 15 is 0 Å². The van der Waals surface area contributed by atoms with E-state index in [9.17, 15) is 32.7 Å². The molecule has 18 heteroatoms. The summed E-state index contributed by atoms with van der Waals surface area (Å²) in [6, 6.07) is 2.32. The third-order valence-electron chi connectivity index (χ3n) is 9.52. The van der Waals surface area contributed by atoms with Crippen molar-refractivity contribution in [2.24, 2.45) is 0 Å². The van der Waals surface area contributed by atoms with E-state index in [4.69, 9.17) is 21.3 Å². The van der Waals surface area contributed by atoms with Crippen LogP contribution in [0.5, 0.6) is 5.75 Å². The number of rotatable bonds is 9. The molecule has 1 aromatic carbocycles. The molecular weight excluding hydrogens is 719 g/mol. The second-order valence-electron chi connectivity index (χ2n) is 12.9. The summed E-state index contributed by atoms with van der Waals surface area (Å²) in [6.45, 7) is 8.59. The van der Waals surface area contributed by atoms with Crippen LogP contribution in [0.3, 0.4) is 0 Å². The van der Waals surface area contributed by atoms with Gasteiger partial charge in [-0.05, 0) is 38.0 Å². The first-order chi connectivity index (χ1) is 25.3. The number of aromatic hydroxyl groups is 1. The second-order valence-corrected chi connectivity index (χ2v) is 13.3. The molecule has 1 unspecified atom stereocenters. The van der Waals surface area contributed by atoms with Crippen LogP contribution in [0.25, 0.3) is 11.2 Å². The summed E-state index contributed by atoms with van der Waals surface area (Å²) in [4.78, 5) is 64.7. The first-order valence-corrected chi connectivity index (χ1v) is 17.6. The summed E-state index contributed by atoms with van der Waals surface area (Å²) in [5, 5.41) is 12.8. The lowest BCUT2D eigenvalue weighted by molar-refractivity contribution is -0.137. The number of ether oxygens (including phenoxy) is 1. The van der Waals surface area contributed by atoms with Crippen LogP contribution in [0.4, 0.5) is 24.5 Å². The van der Waals surface area contributed by atoms with Gasteiger partial charge < -0.3 is 29.5 Å². The maximum absolute atomic E-state index is 14.6. The number of anilines is 2. The lowest BCUT2D eigenvalue weighted by Gasteiger charge is -2.43. The van der Waals surface area contributed by atoms with E-state index in [-0.39, 0.29) is 76.7 Å². The number of amides is 2. The van der Waals surface area contributed by atoms with Crippen LogP contribution in [0.15, 0.2) is 35.5 Å². The molecule has 2 aliphatic rings. The van der Waals surface area contributed by atoms with Crippen molar-refractivity contribution in [2.45, 2.75) is 58.9 Å². The number of aromatic nitrogens is 5. The number of hydrogen-bond acceptors (Lipinski definition) is 11. The topological polar surface area (TPSA) is 159 Å². The number of nitrogens with zero attached hydrogens (tertiary/aromatic N) is 8. The summed E-state index contributed by atoms with van der Waals surface area (Å²) in [5.74, 6) is -1.37. The van der Waals surface area contributed by atoms with Gasteiger partial charge in [0.2, 0.25) is 11.3 Å². The summed E-state index contributed by atoms with van der Waals surface area (Å²) >= 11 is 6.15. The van der Waals surface area contributed by atoms with Crippen molar-refractivity contribution >= 4 is 46.0 Å². The first-order valence-electron chi connectivity index (χ1n) is 17.2. The molecule has 2 N–H and O–H groups in total. The van der Waals surface area contributed by atoms with Gasteiger partial charge in [-0.25, -0.2) is 19.9 Å². The third kappa shape index (κ3) is 7.91. The SMILES string of the molecule is CCc1c(N2CCN(C(=O)c3ncnc(C)c3O)CC2CC)c(=O)c2nc(CN3CCOCC3)cnc2n1CC(=O)Nc1ccc(C(F)(F)F)cc1Cl. The molecule has 2 amide bonds. The molecule has 4 aromatic rings. The van der Waals surface area contributed by atoms with E-state index in [0.29, 0.717) is 62.8 Å². The first kappa shape index (κ1) is 37.9. The zero-order chi connectivity index (χ0) is 38.0. The van der Waals surface area contributed by atoms with Crippen molar-refractivity contribution in [3.63, 3.8) is 0 Å². The highest BCUT2D eigenvalue weighted by Crippen LogP contribution is 2.34. The lowest BCUT2D eigenvalue weighted by Crippen LogP contribution is -2.56. The van der Waals surface area contributed by atoms with Gasteiger partial charge in [-0.3, -0.25) is 19.3 Å². The van der Waals surface area contributed by atoms with E-state index in [1.54, 1.807) is 22.6 Å². The highest BCUT2D eigenvalue weighted by Gasteiger charge is 2.35. The van der Waals surface area contributed by atoms with Gasteiger partial charge in [0.15, 0.2) is 22.6 Å². The lowest BCUT2D eigenvalue weighted by atomic mass is 10.0. The molecule has 6 rings (SSSR count). The van der Waals surface area contributed by atoms with Crippen molar-refractivity contribution in [1.82, 2.24) is 34.3 Å². The number of piperazine rings is 1. The van der Waals surface area contributed by atoms with Crippen LogP contribution in [-0.2, 0) is 35.2 Å². The number of carbonyl (C=O) groups is 2. The maximum Gasteiger partial charge on any atom is 0.416 e. The molecule has 282 valence electrons. The maximum atomic E-state index is 14.6. The largest absolute Gasteiger partial charge is 0.504 e. The zero-order valence-electron chi connectivity index (χ0n) is 29.4. The Balaban J connectivity index is 1.39. The van der Waals surface area contributed by atoms with Gasteiger partial charge in [0.25, 0.3) is 5.91 Å². The molecule has 0 spiro atoms. The standard InChI is InChI=1S/C35H39ClF3N9O5/c1-4-23-17-46(34(52)29-31(50)20(3)41-19-42-29)8-9-47(23)30-26(5-2)48(18-27(49)44-25-7-6-21(14-24(25)36)35(37,38)39)33-28(32(30)51)43-22(15-40-33)16-45-10-12-53-13-11-45/h6-7,14-15,19,23,50H,4-5,8-13,16-18H2,1-3H3,(H,44,49). The van der Waals surface area contributed by atoms with Gasteiger partial charge in [0.1, 0.15) is 18.6 Å². The Morgan fingerprint density at radius 3 is 2.53 bits per heavy atom. The van der Waals surface area contributed by atoms with E-state index in [1.165, 1.54) is 6.33 Å². The van der Waals surface area contributed by atoms with Gasteiger partial charge in [-0.15, -0.1) is 0 Å². The van der Waals surface area contributed by atoms with Crippen LogP contribution >= 0.6 is 11.6 Å². The summed E-state index contributed by atoms with van der Waals surface area (Å²) < 4.78 is 46.8. The summed E-state index contributed by atoms with van der Waals surface area (Å²) in [6.07, 6.45) is -0.985. The fraction of sp³-hybridized carbons (Fsp3) is 0.457. The predicted octanol–water partition coefficient (Wildman–Crippen LogP) is 4.04. The number of benzene rings is 1. The number of pyridine rings is 1. The molecule has 53 heavy (non-hydrogen) atoms. The van der Waals surface area contributed by atoms with Crippen molar-refractivity contribution in [3.8, 4) is 5.75 Å². The Morgan fingerprint density at radius 2 is 1.85 bits per heavy atom. The average Bonchev–Trinajstić information content (AvgIpc) is 3.14.